The van der Waals surface area contributed by atoms with Crippen molar-refractivity contribution in [3.05, 3.63) is 94.0 Å². The van der Waals surface area contributed by atoms with Gasteiger partial charge in [-0.2, -0.15) is 0 Å². The molecule has 0 fully saturated rings. The Bertz CT molecular complexity index is 1470. The van der Waals surface area contributed by atoms with Crippen LogP contribution in [0.1, 0.15) is 35.0 Å². The average Bonchev–Trinajstić information content (AvgIpc) is 2.86. The lowest BCUT2D eigenvalue weighted by Gasteiger charge is -2.20. The first-order valence-electron chi connectivity index (χ1n) is 11.4. The van der Waals surface area contributed by atoms with Gasteiger partial charge in [-0.3, -0.25) is 9.59 Å². The van der Waals surface area contributed by atoms with Gasteiger partial charge in [-0.05, 0) is 48.9 Å². The summed E-state index contributed by atoms with van der Waals surface area (Å²) < 4.78 is 6.99. The number of esters is 1. The molecular weight excluding hydrogens is 442 g/mol. The van der Waals surface area contributed by atoms with E-state index in [-0.39, 0.29) is 17.7 Å². The van der Waals surface area contributed by atoms with Crippen molar-refractivity contribution >= 4 is 28.5 Å². The smallest absolute Gasteiger partial charge is 0.356 e. The van der Waals surface area contributed by atoms with Crippen molar-refractivity contribution in [2.75, 3.05) is 5.32 Å². The zero-order valence-electron chi connectivity index (χ0n) is 20.2. The van der Waals surface area contributed by atoms with Gasteiger partial charge in [-0.15, -0.1) is 0 Å². The number of ether oxygens (including phenoxy) is 1. The van der Waals surface area contributed by atoms with Gasteiger partial charge >= 0.3 is 5.97 Å². The Morgan fingerprint density at radius 1 is 1.00 bits per heavy atom. The molecule has 0 aliphatic heterocycles. The van der Waals surface area contributed by atoms with E-state index in [0.29, 0.717) is 22.2 Å². The molecule has 1 N–H and O–H groups in total. The van der Waals surface area contributed by atoms with Crippen LogP contribution in [0, 0.1) is 13.8 Å². The fraction of sp³-hybridized carbons (Fsp3) is 0.214. The monoisotopic (exact) mass is 469 g/mol. The number of aryl methyl sites for hydroxylation is 2. The van der Waals surface area contributed by atoms with Crippen LogP contribution in [0.2, 0.25) is 0 Å². The number of amides is 1. The molecule has 0 aliphatic rings. The molecule has 0 spiro atoms. The van der Waals surface area contributed by atoms with Gasteiger partial charge in [0.2, 0.25) is 0 Å². The van der Waals surface area contributed by atoms with Crippen LogP contribution in [0.4, 0.5) is 5.82 Å². The average molecular weight is 470 g/mol. The van der Waals surface area contributed by atoms with Crippen molar-refractivity contribution in [2.45, 2.75) is 33.3 Å². The maximum atomic E-state index is 13.5. The quantitative estimate of drug-likeness (QED) is 0.410. The molecule has 0 saturated carbocycles. The Morgan fingerprint density at radius 2 is 1.69 bits per heavy atom. The summed E-state index contributed by atoms with van der Waals surface area (Å²) in [7, 11) is 1.54. The summed E-state index contributed by atoms with van der Waals surface area (Å²) in [5, 5.41) is 3.87. The molecule has 0 aliphatic carbocycles. The molecule has 1 unspecified atom stereocenters. The minimum atomic E-state index is -1.06. The normalized spacial score (nSPS) is 11.8. The van der Waals surface area contributed by atoms with Crippen molar-refractivity contribution in [1.29, 1.82) is 0 Å². The molecule has 7 heteroatoms. The molecule has 1 amide bonds. The Balaban J connectivity index is 1.77. The van der Waals surface area contributed by atoms with Crippen LogP contribution in [0.25, 0.3) is 21.9 Å². The van der Waals surface area contributed by atoms with Gasteiger partial charge in [0.1, 0.15) is 11.5 Å². The number of fused-ring (bicyclic) bond motifs is 1. The number of anilines is 1. The number of carbonyl (C=O) groups excluding carboxylic acids is 2. The van der Waals surface area contributed by atoms with E-state index in [0.717, 1.165) is 16.7 Å². The number of benzene rings is 2. The van der Waals surface area contributed by atoms with Gasteiger partial charge in [0.25, 0.3) is 11.5 Å². The van der Waals surface area contributed by atoms with Crippen LogP contribution in [0.15, 0.2) is 71.7 Å². The van der Waals surface area contributed by atoms with Gasteiger partial charge in [-0.25, -0.2) is 9.78 Å². The van der Waals surface area contributed by atoms with E-state index in [9.17, 15) is 14.4 Å². The molecule has 35 heavy (non-hydrogen) atoms. The van der Waals surface area contributed by atoms with Crippen molar-refractivity contribution in [3.8, 4) is 11.1 Å². The molecule has 2 aromatic carbocycles. The molecule has 2 heterocycles. The zero-order chi connectivity index (χ0) is 25.1. The summed E-state index contributed by atoms with van der Waals surface area (Å²) in [4.78, 5) is 43.8. The summed E-state index contributed by atoms with van der Waals surface area (Å²) in [6.07, 6.45) is 0.774. The second-order valence-corrected chi connectivity index (χ2v) is 8.46. The number of nitrogens with one attached hydrogen (secondary N) is 1. The minimum absolute atomic E-state index is 0.0952. The van der Waals surface area contributed by atoms with E-state index in [1.54, 1.807) is 38.4 Å². The van der Waals surface area contributed by atoms with Crippen LogP contribution >= 0.6 is 0 Å². The van der Waals surface area contributed by atoms with Crippen LogP contribution in [-0.2, 0) is 16.6 Å². The first-order chi connectivity index (χ1) is 16.8. The van der Waals surface area contributed by atoms with Crippen molar-refractivity contribution < 1.29 is 14.3 Å². The zero-order valence-corrected chi connectivity index (χ0v) is 20.2. The Hall–Kier alpha value is -4.26. The molecule has 4 rings (SSSR count). The SMILES string of the molecule is CCC(OC(=O)c1c(-c2ccc(C)cc2)c2ccccc2c(=O)n1C)C(=O)Nc1ncccc1C. The summed E-state index contributed by atoms with van der Waals surface area (Å²) >= 11 is 0. The second-order valence-electron chi connectivity index (χ2n) is 8.46. The summed E-state index contributed by atoms with van der Waals surface area (Å²) in [6.45, 7) is 5.56. The third-order valence-electron chi connectivity index (χ3n) is 6.00. The molecule has 4 aromatic rings. The largest absolute Gasteiger partial charge is 0.448 e. The molecule has 0 saturated heterocycles. The maximum absolute atomic E-state index is 13.5. The summed E-state index contributed by atoms with van der Waals surface area (Å²) in [5.74, 6) is -0.818. The lowest BCUT2D eigenvalue weighted by Crippen LogP contribution is -2.34. The highest BCUT2D eigenvalue weighted by Crippen LogP contribution is 2.31. The van der Waals surface area contributed by atoms with Crippen LogP contribution in [-0.4, -0.2) is 27.5 Å². The molecule has 7 nitrogen and oxygen atoms in total. The molecule has 0 bridgehead atoms. The van der Waals surface area contributed by atoms with Crippen molar-refractivity contribution in [2.24, 2.45) is 7.05 Å². The maximum Gasteiger partial charge on any atom is 0.356 e. The van der Waals surface area contributed by atoms with E-state index in [4.69, 9.17) is 4.74 Å². The Labute approximate surface area is 203 Å². The van der Waals surface area contributed by atoms with E-state index in [1.165, 1.54) is 4.57 Å². The number of pyridine rings is 2. The van der Waals surface area contributed by atoms with E-state index in [1.807, 2.05) is 56.3 Å². The molecular formula is C28H27N3O4. The van der Waals surface area contributed by atoms with E-state index >= 15 is 0 Å². The van der Waals surface area contributed by atoms with Gasteiger partial charge in [0.05, 0.1) is 0 Å². The minimum Gasteiger partial charge on any atom is -0.448 e. The van der Waals surface area contributed by atoms with Gasteiger partial charge in [0, 0.05) is 24.2 Å². The van der Waals surface area contributed by atoms with Crippen LogP contribution in [0.5, 0.6) is 0 Å². The number of aromatic nitrogens is 2. The van der Waals surface area contributed by atoms with E-state index < -0.39 is 18.0 Å². The number of carbonyl (C=O) groups is 2. The topological polar surface area (TPSA) is 90.3 Å². The van der Waals surface area contributed by atoms with Gasteiger partial charge < -0.3 is 14.6 Å². The third-order valence-corrected chi connectivity index (χ3v) is 6.00. The van der Waals surface area contributed by atoms with Gasteiger partial charge in [0.15, 0.2) is 6.10 Å². The van der Waals surface area contributed by atoms with Crippen molar-refractivity contribution in [1.82, 2.24) is 9.55 Å². The standard InChI is InChI=1S/C28H27N3O4/c1-5-22(26(32)30-25-18(3)9-8-16-29-25)35-28(34)24-23(19-14-12-17(2)13-15-19)20-10-6-7-11-21(20)27(33)31(24)4/h6-16,22H,5H2,1-4H3,(H,29,30,32). The number of hydrogen-bond donors (Lipinski definition) is 1. The lowest BCUT2D eigenvalue weighted by atomic mass is 9.96. The second kappa shape index (κ2) is 9.93. The Morgan fingerprint density at radius 3 is 2.34 bits per heavy atom. The predicted octanol–water partition coefficient (Wildman–Crippen LogP) is 4.79. The Kier molecular flexibility index (Phi) is 6.78. The highest BCUT2D eigenvalue weighted by Gasteiger charge is 2.28. The lowest BCUT2D eigenvalue weighted by molar-refractivity contribution is -0.124. The summed E-state index contributed by atoms with van der Waals surface area (Å²) in [6, 6.07) is 18.5. The third kappa shape index (κ3) is 4.71. The molecule has 1 atom stereocenters. The van der Waals surface area contributed by atoms with E-state index in [2.05, 4.69) is 10.3 Å². The fourth-order valence-electron chi connectivity index (χ4n) is 4.04. The van der Waals surface area contributed by atoms with Crippen molar-refractivity contribution in [3.63, 3.8) is 0 Å². The van der Waals surface area contributed by atoms with Crippen LogP contribution in [0.3, 0.4) is 0 Å². The molecule has 0 radical (unpaired) electrons. The van der Waals surface area contributed by atoms with Crippen LogP contribution < -0.4 is 10.9 Å². The van der Waals surface area contributed by atoms with Gasteiger partial charge in [-0.1, -0.05) is 61.0 Å². The first kappa shape index (κ1) is 23.9. The number of hydrogen-bond acceptors (Lipinski definition) is 5. The number of rotatable bonds is 6. The predicted molar refractivity (Wildman–Crippen MR) is 136 cm³/mol. The highest BCUT2D eigenvalue weighted by molar-refractivity contribution is 6.07. The summed E-state index contributed by atoms with van der Waals surface area (Å²) in [5.41, 5.74) is 3.00. The first-order valence-corrected chi connectivity index (χ1v) is 11.4. The highest BCUT2D eigenvalue weighted by atomic mass is 16.5. The molecule has 2 aromatic heterocycles. The fourth-order valence-corrected chi connectivity index (χ4v) is 4.04. The number of nitrogens with zero attached hydrogens (tertiary/aromatic N) is 2. The molecule has 178 valence electrons.